The van der Waals surface area contributed by atoms with E-state index in [9.17, 15) is 4.79 Å². The highest BCUT2D eigenvalue weighted by atomic mass is 32.2. The fraction of sp³-hybridized carbons (Fsp3) is 0.120. The number of thioether (sulfide) groups is 1. The van der Waals surface area contributed by atoms with Gasteiger partial charge in [0.25, 0.3) is 5.91 Å². The van der Waals surface area contributed by atoms with E-state index in [1.54, 1.807) is 19.1 Å². The third kappa shape index (κ3) is 4.98. The summed E-state index contributed by atoms with van der Waals surface area (Å²) < 4.78 is 11.4. The molecule has 1 fully saturated rings. The van der Waals surface area contributed by atoms with Crippen LogP contribution in [0, 0.1) is 0 Å². The highest BCUT2D eigenvalue weighted by Gasteiger charge is 2.30. The smallest absolute Gasteiger partial charge is 0.266 e. The van der Waals surface area contributed by atoms with Crippen LogP contribution in [0.25, 0.3) is 6.08 Å². The fourth-order valence-electron chi connectivity index (χ4n) is 3.04. The Bertz CT molecular complexity index is 1130. The molecule has 1 heterocycles. The molecule has 0 bridgehead atoms. The van der Waals surface area contributed by atoms with Crippen LogP contribution in [0.2, 0.25) is 0 Å². The number of carbonyl (C=O) groups excluding carboxylic acids is 1. The lowest BCUT2D eigenvalue weighted by Crippen LogP contribution is -2.23. The van der Waals surface area contributed by atoms with Crippen molar-refractivity contribution in [3.05, 3.63) is 94.9 Å². The zero-order valence-corrected chi connectivity index (χ0v) is 18.1. The minimum absolute atomic E-state index is 0.0805. The third-order valence-corrected chi connectivity index (χ3v) is 5.77. The second-order valence-corrected chi connectivity index (χ2v) is 7.90. The molecule has 31 heavy (non-hydrogen) atoms. The molecule has 5 nitrogen and oxygen atoms in total. The summed E-state index contributed by atoms with van der Waals surface area (Å²) in [6.45, 7) is 0.454. The van der Waals surface area contributed by atoms with E-state index in [4.69, 9.17) is 9.47 Å². The van der Waals surface area contributed by atoms with Gasteiger partial charge in [0.05, 0.1) is 17.7 Å². The van der Waals surface area contributed by atoms with Crippen molar-refractivity contribution in [3.63, 3.8) is 0 Å². The molecule has 1 amide bonds. The van der Waals surface area contributed by atoms with Gasteiger partial charge in [-0.1, -0.05) is 54.6 Å². The number of likely N-dealkylation sites (N-methyl/N-ethyl adjacent to an activating group) is 1. The third-order valence-electron chi connectivity index (χ3n) is 4.71. The molecule has 3 aromatic carbocycles. The first kappa shape index (κ1) is 20.8. The van der Waals surface area contributed by atoms with Gasteiger partial charge in [0, 0.05) is 7.05 Å². The van der Waals surface area contributed by atoms with Crippen molar-refractivity contribution in [2.24, 2.45) is 4.99 Å². The molecule has 0 unspecified atom stereocenters. The molecule has 0 saturated carbocycles. The number of hydrogen-bond acceptors (Lipinski definition) is 5. The lowest BCUT2D eigenvalue weighted by molar-refractivity contribution is -0.121. The summed E-state index contributed by atoms with van der Waals surface area (Å²) in [5, 5.41) is 0.650. The first-order valence-electron chi connectivity index (χ1n) is 9.80. The number of para-hydroxylation sites is 1. The molecule has 1 saturated heterocycles. The number of methoxy groups -OCH3 is 1. The summed E-state index contributed by atoms with van der Waals surface area (Å²) in [6.07, 6.45) is 1.85. The normalized spacial score (nSPS) is 16.2. The van der Waals surface area contributed by atoms with Crippen molar-refractivity contribution in [2.45, 2.75) is 6.61 Å². The number of amides is 1. The minimum Gasteiger partial charge on any atom is -0.493 e. The predicted molar refractivity (Wildman–Crippen MR) is 126 cm³/mol. The summed E-state index contributed by atoms with van der Waals surface area (Å²) in [5.41, 5.74) is 2.75. The molecule has 3 aromatic rings. The molecule has 0 atom stereocenters. The second-order valence-electron chi connectivity index (χ2n) is 6.89. The Kier molecular flexibility index (Phi) is 6.38. The SMILES string of the molecule is COc1cc(C=C2SC(=Nc3ccccc3)N(C)C2=O)ccc1OCc1ccccc1. The van der Waals surface area contributed by atoms with E-state index >= 15 is 0 Å². The molecule has 0 aliphatic carbocycles. The van der Waals surface area contributed by atoms with Crippen LogP contribution in [0.1, 0.15) is 11.1 Å². The number of benzene rings is 3. The lowest BCUT2D eigenvalue weighted by atomic mass is 10.2. The summed E-state index contributed by atoms with van der Waals surface area (Å²) in [4.78, 5) is 19.4. The summed E-state index contributed by atoms with van der Waals surface area (Å²) in [6, 6.07) is 25.2. The van der Waals surface area contributed by atoms with Crippen LogP contribution in [0.3, 0.4) is 0 Å². The van der Waals surface area contributed by atoms with E-state index in [0.29, 0.717) is 28.2 Å². The van der Waals surface area contributed by atoms with Gasteiger partial charge in [0.2, 0.25) is 0 Å². The van der Waals surface area contributed by atoms with Gasteiger partial charge in [-0.3, -0.25) is 9.69 Å². The van der Waals surface area contributed by atoms with Crippen molar-refractivity contribution < 1.29 is 14.3 Å². The number of nitrogens with zero attached hydrogens (tertiary/aromatic N) is 2. The number of hydrogen-bond donors (Lipinski definition) is 0. The van der Waals surface area contributed by atoms with Crippen molar-refractivity contribution >= 4 is 34.6 Å². The number of aliphatic imine (C=N–C) groups is 1. The van der Waals surface area contributed by atoms with E-state index in [1.165, 1.54) is 11.8 Å². The van der Waals surface area contributed by atoms with E-state index in [-0.39, 0.29) is 5.91 Å². The molecular formula is C25H22N2O3S. The van der Waals surface area contributed by atoms with Crippen molar-refractivity contribution in [1.29, 1.82) is 0 Å². The first-order valence-corrected chi connectivity index (χ1v) is 10.6. The highest BCUT2D eigenvalue weighted by molar-refractivity contribution is 8.18. The maximum atomic E-state index is 12.7. The van der Waals surface area contributed by atoms with Gasteiger partial charge in [-0.05, 0) is 53.2 Å². The zero-order chi connectivity index (χ0) is 21.6. The topological polar surface area (TPSA) is 51.1 Å². The number of amidine groups is 1. The summed E-state index contributed by atoms with van der Waals surface area (Å²) in [7, 11) is 3.34. The van der Waals surface area contributed by atoms with Gasteiger partial charge >= 0.3 is 0 Å². The van der Waals surface area contributed by atoms with Gasteiger partial charge < -0.3 is 9.47 Å². The zero-order valence-electron chi connectivity index (χ0n) is 17.3. The second kappa shape index (κ2) is 9.53. The van der Waals surface area contributed by atoms with Gasteiger partial charge in [0.1, 0.15) is 6.61 Å². The van der Waals surface area contributed by atoms with Gasteiger partial charge in [-0.2, -0.15) is 0 Å². The Hall–Kier alpha value is -3.51. The Labute approximate surface area is 186 Å². The molecule has 4 rings (SSSR count). The molecular weight excluding hydrogens is 408 g/mol. The summed E-state index contributed by atoms with van der Waals surface area (Å²) >= 11 is 1.36. The van der Waals surface area contributed by atoms with E-state index in [1.807, 2.05) is 84.9 Å². The van der Waals surface area contributed by atoms with Gasteiger partial charge in [-0.25, -0.2) is 4.99 Å². The Morgan fingerprint density at radius 2 is 1.68 bits per heavy atom. The molecule has 0 aromatic heterocycles. The van der Waals surface area contributed by atoms with Crippen LogP contribution in [0.5, 0.6) is 11.5 Å². The summed E-state index contributed by atoms with van der Waals surface area (Å²) in [5.74, 6) is 1.19. The van der Waals surface area contributed by atoms with Crippen LogP contribution in [-0.4, -0.2) is 30.1 Å². The largest absolute Gasteiger partial charge is 0.493 e. The average molecular weight is 431 g/mol. The molecule has 0 N–H and O–H groups in total. The van der Waals surface area contributed by atoms with Crippen molar-refractivity contribution in [3.8, 4) is 11.5 Å². The van der Waals surface area contributed by atoms with Crippen LogP contribution in [-0.2, 0) is 11.4 Å². The Balaban J connectivity index is 1.52. The number of carbonyl (C=O) groups is 1. The molecule has 1 aliphatic heterocycles. The quantitative estimate of drug-likeness (QED) is 0.484. The van der Waals surface area contributed by atoms with Crippen LogP contribution < -0.4 is 9.47 Å². The predicted octanol–water partition coefficient (Wildman–Crippen LogP) is 5.51. The monoisotopic (exact) mass is 430 g/mol. The standard InChI is InChI=1S/C25H22N2O3S/c1-27-24(28)23(31-25(27)26-20-11-7-4-8-12-20)16-19-13-14-21(22(15-19)29-2)30-17-18-9-5-3-6-10-18/h3-16H,17H2,1-2H3. The molecule has 0 radical (unpaired) electrons. The minimum atomic E-state index is -0.0805. The molecule has 0 spiro atoms. The maximum Gasteiger partial charge on any atom is 0.266 e. The number of rotatable bonds is 6. The van der Waals surface area contributed by atoms with E-state index in [2.05, 4.69) is 4.99 Å². The van der Waals surface area contributed by atoms with E-state index in [0.717, 1.165) is 16.8 Å². The van der Waals surface area contributed by atoms with Gasteiger partial charge in [0.15, 0.2) is 16.7 Å². The van der Waals surface area contributed by atoms with Crippen molar-refractivity contribution in [1.82, 2.24) is 4.90 Å². The molecule has 156 valence electrons. The van der Waals surface area contributed by atoms with Crippen LogP contribution in [0.4, 0.5) is 5.69 Å². The molecule has 6 heteroatoms. The van der Waals surface area contributed by atoms with Gasteiger partial charge in [-0.15, -0.1) is 0 Å². The highest BCUT2D eigenvalue weighted by Crippen LogP contribution is 2.35. The maximum absolute atomic E-state index is 12.7. The van der Waals surface area contributed by atoms with Crippen LogP contribution >= 0.6 is 11.8 Å². The Morgan fingerprint density at radius 3 is 2.39 bits per heavy atom. The lowest BCUT2D eigenvalue weighted by Gasteiger charge is -2.11. The van der Waals surface area contributed by atoms with Crippen molar-refractivity contribution in [2.75, 3.05) is 14.2 Å². The average Bonchev–Trinajstić information content (AvgIpc) is 3.07. The van der Waals surface area contributed by atoms with E-state index < -0.39 is 0 Å². The van der Waals surface area contributed by atoms with Crippen LogP contribution in [0.15, 0.2) is 88.8 Å². The fourth-order valence-corrected chi connectivity index (χ4v) is 4.03. The first-order chi connectivity index (χ1) is 15.1. The Morgan fingerprint density at radius 1 is 0.968 bits per heavy atom. The molecule has 1 aliphatic rings. The number of ether oxygens (including phenoxy) is 2.